The maximum Gasteiger partial charge on any atom is 0.225 e. The standard InChI is InChI=1S/C17H19NO4S/c1-13-3-5-14(6-4-13)18-17(19)11-12-23(20,21)16-9-7-15(22-2)8-10-16/h3-10H,11-12H2,1-2H3,(H,18,19). The fourth-order valence-electron chi connectivity index (χ4n) is 1.99. The molecule has 0 spiro atoms. The van der Waals surface area contributed by atoms with E-state index in [4.69, 9.17) is 4.74 Å². The van der Waals surface area contributed by atoms with Gasteiger partial charge in [0.2, 0.25) is 5.91 Å². The smallest absolute Gasteiger partial charge is 0.225 e. The second-order valence-electron chi connectivity index (χ2n) is 5.16. The number of sulfone groups is 1. The highest BCUT2D eigenvalue weighted by atomic mass is 32.2. The molecule has 0 aliphatic rings. The van der Waals surface area contributed by atoms with Gasteiger partial charge in [0, 0.05) is 12.1 Å². The molecule has 2 aromatic carbocycles. The summed E-state index contributed by atoms with van der Waals surface area (Å²) in [5, 5.41) is 2.69. The number of aryl methyl sites for hydroxylation is 1. The van der Waals surface area contributed by atoms with Gasteiger partial charge in [-0.1, -0.05) is 17.7 Å². The van der Waals surface area contributed by atoms with Crippen molar-refractivity contribution < 1.29 is 17.9 Å². The van der Waals surface area contributed by atoms with Crippen molar-refractivity contribution >= 4 is 21.4 Å². The molecule has 2 rings (SSSR count). The molecule has 1 N–H and O–H groups in total. The van der Waals surface area contributed by atoms with Gasteiger partial charge in [0.05, 0.1) is 17.8 Å². The lowest BCUT2D eigenvalue weighted by atomic mass is 10.2. The summed E-state index contributed by atoms with van der Waals surface area (Å²) in [4.78, 5) is 12.1. The first-order chi connectivity index (χ1) is 10.9. The van der Waals surface area contributed by atoms with Crippen LogP contribution in [-0.4, -0.2) is 27.2 Å². The molecule has 0 saturated carbocycles. The van der Waals surface area contributed by atoms with Crippen LogP contribution in [0.1, 0.15) is 12.0 Å². The molecule has 0 aliphatic heterocycles. The van der Waals surface area contributed by atoms with E-state index in [2.05, 4.69) is 5.32 Å². The Balaban J connectivity index is 1.95. The molecule has 0 aromatic heterocycles. The molecule has 23 heavy (non-hydrogen) atoms. The minimum atomic E-state index is -3.50. The molecule has 5 nitrogen and oxygen atoms in total. The largest absolute Gasteiger partial charge is 0.497 e. The first-order valence-corrected chi connectivity index (χ1v) is 8.79. The first kappa shape index (κ1) is 17.0. The summed E-state index contributed by atoms with van der Waals surface area (Å²) in [7, 11) is -1.98. The molecule has 2 aromatic rings. The molecule has 0 bridgehead atoms. The molecule has 0 atom stereocenters. The zero-order chi connectivity index (χ0) is 16.9. The summed E-state index contributed by atoms with van der Waals surface area (Å²) >= 11 is 0. The Morgan fingerprint density at radius 3 is 2.22 bits per heavy atom. The number of amides is 1. The highest BCUT2D eigenvalue weighted by Crippen LogP contribution is 2.17. The number of ether oxygens (including phenoxy) is 1. The van der Waals surface area contributed by atoms with Gasteiger partial charge in [-0.2, -0.15) is 0 Å². The van der Waals surface area contributed by atoms with Gasteiger partial charge in [-0.15, -0.1) is 0 Å². The number of rotatable bonds is 6. The first-order valence-electron chi connectivity index (χ1n) is 7.14. The topological polar surface area (TPSA) is 72.5 Å². The lowest BCUT2D eigenvalue weighted by molar-refractivity contribution is -0.115. The average molecular weight is 333 g/mol. The van der Waals surface area contributed by atoms with E-state index in [-0.39, 0.29) is 23.0 Å². The van der Waals surface area contributed by atoms with Gasteiger partial charge in [0.15, 0.2) is 9.84 Å². The van der Waals surface area contributed by atoms with E-state index in [0.717, 1.165) is 5.56 Å². The van der Waals surface area contributed by atoms with Crippen LogP contribution in [0.4, 0.5) is 5.69 Å². The maximum atomic E-state index is 12.2. The zero-order valence-corrected chi connectivity index (χ0v) is 13.9. The van der Waals surface area contributed by atoms with Crippen molar-refractivity contribution in [3.05, 3.63) is 54.1 Å². The highest BCUT2D eigenvalue weighted by molar-refractivity contribution is 7.91. The van der Waals surface area contributed by atoms with Gasteiger partial charge in [-0.05, 0) is 43.3 Å². The predicted octanol–water partition coefficient (Wildman–Crippen LogP) is 2.81. The molecule has 0 aliphatic carbocycles. The van der Waals surface area contributed by atoms with Gasteiger partial charge in [0.1, 0.15) is 5.75 Å². The molecule has 0 fully saturated rings. The molecule has 1 amide bonds. The number of nitrogens with one attached hydrogen (secondary N) is 1. The predicted molar refractivity (Wildman–Crippen MR) is 89.5 cm³/mol. The van der Waals surface area contributed by atoms with Crippen LogP contribution in [0.15, 0.2) is 53.4 Å². The number of carbonyl (C=O) groups excluding carboxylic acids is 1. The van der Waals surface area contributed by atoms with Crippen molar-refractivity contribution in [1.82, 2.24) is 0 Å². The van der Waals surface area contributed by atoms with E-state index in [9.17, 15) is 13.2 Å². The van der Waals surface area contributed by atoms with Crippen molar-refractivity contribution in [2.24, 2.45) is 0 Å². The fraction of sp³-hybridized carbons (Fsp3) is 0.235. The van der Waals surface area contributed by atoms with Gasteiger partial charge in [0.25, 0.3) is 0 Å². The Morgan fingerprint density at radius 2 is 1.65 bits per heavy atom. The molecule has 0 saturated heterocycles. The lowest BCUT2D eigenvalue weighted by Gasteiger charge is -2.07. The van der Waals surface area contributed by atoms with Crippen molar-refractivity contribution in [1.29, 1.82) is 0 Å². The Labute approximate surface area is 136 Å². The van der Waals surface area contributed by atoms with Gasteiger partial charge < -0.3 is 10.1 Å². The molecular formula is C17H19NO4S. The minimum Gasteiger partial charge on any atom is -0.497 e. The van der Waals surface area contributed by atoms with E-state index in [1.165, 1.54) is 19.2 Å². The molecule has 0 radical (unpaired) electrons. The van der Waals surface area contributed by atoms with Crippen LogP contribution < -0.4 is 10.1 Å². The summed E-state index contributed by atoms with van der Waals surface area (Å²) in [6, 6.07) is 13.4. The van der Waals surface area contributed by atoms with E-state index in [1.807, 2.05) is 19.1 Å². The quantitative estimate of drug-likeness (QED) is 0.882. The third-order valence-electron chi connectivity index (χ3n) is 3.35. The highest BCUT2D eigenvalue weighted by Gasteiger charge is 2.16. The number of methoxy groups -OCH3 is 1. The van der Waals surface area contributed by atoms with E-state index < -0.39 is 9.84 Å². The number of benzene rings is 2. The van der Waals surface area contributed by atoms with E-state index >= 15 is 0 Å². The van der Waals surface area contributed by atoms with Crippen LogP contribution in [0.2, 0.25) is 0 Å². The summed E-state index contributed by atoms with van der Waals surface area (Å²) in [5.41, 5.74) is 1.74. The second kappa shape index (κ2) is 7.28. The molecular weight excluding hydrogens is 314 g/mol. The van der Waals surface area contributed by atoms with Crippen molar-refractivity contribution in [3.63, 3.8) is 0 Å². The van der Waals surface area contributed by atoms with Crippen molar-refractivity contribution in [3.8, 4) is 5.75 Å². The number of carbonyl (C=O) groups is 1. The van der Waals surface area contributed by atoms with Gasteiger partial charge in [-0.25, -0.2) is 8.42 Å². The van der Waals surface area contributed by atoms with Crippen molar-refractivity contribution in [2.45, 2.75) is 18.2 Å². The number of hydrogen-bond acceptors (Lipinski definition) is 4. The number of anilines is 1. The Morgan fingerprint density at radius 1 is 1.04 bits per heavy atom. The lowest BCUT2D eigenvalue weighted by Crippen LogP contribution is -2.17. The molecule has 6 heteroatoms. The number of hydrogen-bond donors (Lipinski definition) is 1. The van der Waals surface area contributed by atoms with Crippen LogP contribution in [0.25, 0.3) is 0 Å². The van der Waals surface area contributed by atoms with Crippen LogP contribution in [0, 0.1) is 6.92 Å². The van der Waals surface area contributed by atoms with Crippen LogP contribution >= 0.6 is 0 Å². The third-order valence-corrected chi connectivity index (χ3v) is 5.08. The maximum absolute atomic E-state index is 12.2. The third kappa shape index (κ3) is 4.82. The van der Waals surface area contributed by atoms with Gasteiger partial charge in [-0.3, -0.25) is 4.79 Å². The summed E-state index contributed by atoms with van der Waals surface area (Å²) in [6.45, 7) is 1.95. The van der Waals surface area contributed by atoms with Crippen LogP contribution in [0.5, 0.6) is 5.75 Å². The van der Waals surface area contributed by atoms with Crippen molar-refractivity contribution in [2.75, 3.05) is 18.2 Å². The normalized spacial score (nSPS) is 11.0. The van der Waals surface area contributed by atoms with Crippen LogP contribution in [-0.2, 0) is 14.6 Å². The Hall–Kier alpha value is -2.34. The van der Waals surface area contributed by atoms with E-state index in [1.54, 1.807) is 24.3 Å². The van der Waals surface area contributed by atoms with E-state index in [0.29, 0.717) is 11.4 Å². The fourth-order valence-corrected chi connectivity index (χ4v) is 3.23. The van der Waals surface area contributed by atoms with Crippen LogP contribution in [0.3, 0.4) is 0 Å². The monoisotopic (exact) mass is 333 g/mol. The zero-order valence-electron chi connectivity index (χ0n) is 13.1. The molecule has 0 unspecified atom stereocenters. The molecule has 122 valence electrons. The summed E-state index contributed by atoms with van der Waals surface area (Å²) in [6.07, 6.45) is -0.0950. The summed E-state index contributed by atoms with van der Waals surface area (Å²) < 4.78 is 29.4. The van der Waals surface area contributed by atoms with Gasteiger partial charge >= 0.3 is 0 Å². The SMILES string of the molecule is COc1ccc(S(=O)(=O)CCC(=O)Nc2ccc(C)cc2)cc1. The second-order valence-corrected chi connectivity index (χ2v) is 7.27. The Bertz CT molecular complexity index is 765. The average Bonchev–Trinajstić information content (AvgIpc) is 2.55. The minimum absolute atomic E-state index is 0.0950. The molecule has 0 heterocycles. The summed E-state index contributed by atoms with van der Waals surface area (Å²) in [5.74, 6) is 0.0174. The Kier molecular flexibility index (Phi) is 5.39.